The van der Waals surface area contributed by atoms with E-state index in [4.69, 9.17) is 0 Å². The average molecular weight is 422 g/mol. The summed E-state index contributed by atoms with van der Waals surface area (Å²) < 4.78 is 27.2. The molecule has 1 heterocycles. The lowest BCUT2D eigenvalue weighted by Gasteiger charge is -2.30. The molecule has 0 unspecified atom stereocenters. The molecule has 0 amide bonds. The second-order valence-electron chi connectivity index (χ2n) is 8.27. The molecule has 1 saturated heterocycles. The molecule has 0 spiro atoms. The van der Waals surface area contributed by atoms with E-state index in [1.807, 2.05) is 12.1 Å². The Morgan fingerprint density at radius 1 is 1.10 bits per heavy atom. The Labute approximate surface area is 175 Å². The van der Waals surface area contributed by atoms with Crippen LogP contribution >= 0.6 is 0 Å². The predicted molar refractivity (Wildman–Crippen MR) is 117 cm³/mol. The van der Waals surface area contributed by atoms with Crippen molar-refractivity contribution in [2.75, 3.05) is 33.2 Å². The van der Waals surface area contributed by atoms with Crippen LogP contribution in [0.1, 0.15) is 44.6 Å². The van der Waals surface area contributed by atoms with Gasteiger partial charge in [-0.2, -0.15) is 0 Å². The van der Waals surface area contributed by atoms with Crippen LogP contribution in [0, 0.1) is 5.92 Å². The summed E-state index contributed by atoms with van der Waals surface area (Å²) >= 11 is 0. The molecule has 0 bridgehead atoms. The third-order valence-corrected chi connectivity index (χ3v) is 7.17. The molecule has 0 radical (unpaired) electrons. The molecule has 0 atom stereocenters. The lowest BCUT2D eigenvalue weighted by Crippen LogP contribution is -2.39. The quantitative estimate of drug-likeness (QED) is 0.322. The fourth-order valence-electron chi connectivity index (χ4n) is 3.48. The van der Waals surface area contributed by atoms with Gasteiger partial charge in [-0.25, -0.2) is 13.1 Å². The SMILES string of the molecule is CN=C(NCCCN1CCC(C)CC1)NCc1ccc(S(=O)(=O)NC2CC2)cc1. The van der Waals surface area contributed by atoms with E-state index in [1.54, 1.807) is 19.2 Å². The second-order valence-corrected chi connectivity index (χ2v) is 9.98. The van der Waals surface area contributed by atoms with Gasteiger partial charge in [0.1, 0.15) is 0 Å². The highest BCUT2D eigenvalue weighted by Gasteiger charge is 2.27. The summed E-state index contributed by atoms with van der Waals surface area (Å²) in [7, 11) is -1.62. The number of sulfonamides is 1. The Bertz CT molecular complexity index is 767. The molecule has 1 aromatic rings. The Balaban J connectivity index is 1.36. The summed E-state index contributed by atoms with van der Waals surface area (Å²) in [6.07, 6.45) is 5.59. The normalized spacial score (nSPS) is 19.3. The number of nitrogens with zero attached hydrogens (tertiary/aromatic N) is 2. The van der Waals surface area contributed by atoms with Crippen molar-refractivity contribution in [3.8, 4) is 0 Å². The van der Waals surface area contributed by atoms with Crippen molar-refractivity contribution < 1.29 is 8.42 Å². The summed E-state index contributed by atoms with van der Waals surface area (Å²) in [5, 5.41) is 6.65. The number of piperidine rings is 1. The van der Waals surface area contributed by atoms with E-state index in [0.29, 0.717) is 11.4 Å². The highest BCUT2D eigenvalue weighted by Crippen LogP contribution is 2.22. The van der Waals surface area contributed by atoms with Crippen LogP contribution < -0.4 is 15.4 Å². The summed E-state index contributed by atoms with van der Waals surface area (Å²) in [5.41, 5.74) is 1.01. The zero-order chi connectivity index (χ0) is 20.7. The molecule has 1 aliphatic heterocycles. The van der Waals surface area contributed by atoms with Crippen molar-refractivity contribution in [2.24, 2.45) is 10.9 Å². The predicted octanol–water partition coefficient (Wildman–Crippen LogP) is 1.91. The van der Waals surface area contributed by atoms with Crippen LogP contribution in [0.5, 0.6) is 0 Å². The van der Waals surface area contributed by atoms with Gasteiger partial charge in [0.2, 0.25) is 10.0 Å². The summed E-state index contributed by atoms with van der Waals surface area (Å²) in [4.78, 5) is 7.14. The molecule has 162 valence electrons. The Morgan fingerprint density at radius 3 is 2.41 bits per heavy atom. The van der Waals surface area contributed by atoms with E-state index in [0.717, 1.165) is 49.8 Å². The van der Waals surface area contributed by atoms with Crippen molar-refractivity contribution >= 4 is 16.0 Å². The number of aliphatic imine (C=N–C) groups is 1. The lowest BCUT2D eigenvalue weighted by atomic mass is 9.99. The van der Waals surface area contributed by atoms with E-state index < -0.39 is 10.0 Å². The van der Waals surface area contributed by atoms with Crippen LogP contribution in [0.2, 0.25) is 0 Å². The van der Waals surface area contributed by atoms with Crippen LogP contribution in [0.25, 0.3) is 0 Å². The van der Waals surface area contributed by atoms with E-state index in [-0.39, 0.29) is 6.04 Å². The molecule has 3 N–H and O–H groups in total. The van der Waals surface area contributed by atoms with Crippen molar-refractivity contribution in [3.05, 3.63) is 29.8 Å². The summed E-state index contributed by atoms with van der Waals surface area (Å²) in [5.74, 6) is 1.64. The van der Waals surface area contributed by atoms with Crippen LogP contribution in [-0.2, 0) is 16.6 Å². The minimum Gasteiger partial charge on any atom is -0.356 e. The van der Waals surface area contributed by atoms with Crippen molar-refractivity contribution in [1.82, 2.24) is 20.3 Å². The number of guanidine groups is 1. The Kier molecular flexibility index (Phi) is 7.91. The van der Waals surface area contributed by atoms with Crippen LogP contribution in [0.15, 0.2) is 34.2 Å². The molecular weight excluding hydrogens is 386 g/mol. The van der Waals surface area contributed by atoms with E-state index in [9.17, 15) is 8.42 Å². The van der Waals surface area contributed by atoms with Crippen LogP contribution in [-0.4, -0.2) is 58.5 Å². The van der Waals surface area contributed by atoms with E-state index in [1.165, 1.54) is 25.9 Å². The van der Waals surface area contributed by atoms with Crippen LogP contribution in [0.3, 0.4) is 0 Å². The van der Waals surface area contributed by atoms with Gasteiger partial charge in [-0.05, 0) is 75.4 Å². The molecule has 2 aliphatic rings. The fraction of sp³-hybridized carbons (Fsp3) is 0.667. The monoisotopic (exact) mass is 421 g/mol. The minimum absolute atomic E-state index is 0.120. The van der Waals surface area contributed by atoms with Gasteiger partial charge >= 0.3 is 0 Å². The fourth-order valence-corrected chi connectivity index (χ4v) is 4.78. The number of hydrogen-bond donors (Lipinski definition) is 3. The van der Waals surface area contributed by atoms with Crippen molar-refractivity contribution in [2.45, 2.75) is 56.5 Å². The van der Waals surface area contributed by atoms with Gasteiger partial charge in [0.05, 0.1) is 4.90 Å². The molecule has 7 nitrogen and oxygen atoms in total. The van der Waals surface area contributed by atoms with Gasteiger partial charge in [-0.1, -0.05) is 19.1 Å². The molecule has 1 aromatic carbocycles. The third-order valence-electron chi connectivity index (χ3n) is 5.64. The number of hydrogen-bond acceptors (Lipinski definition) is 4. The molecule has 29 heavy (non-hydrogen) atoms. The Morgan fingerprint density at radius 2 is 1.79 bits per heavy atom. The first-order valence-electron chi connectivity index (χ1n) is 10.7. The molecular formula is C21H35N5O2S. The Hall–Kier alpha value is -1.64. The van der Waals surface area contributed by atoms with Gasteiger partial charge < -0.3 is 15.5 Å². The molecule has 1 aliphatic carbocycles. The van der Waals surface area contributed by atoms with E-state index in [2.05, 4.69) is 32.2 Å². The van der Waals surface area contributed by atoms with Gasteiger partial charge in [0.25, 0.3) is 0 Å². The topological polar surface area (TPSA) is 85.8 Å². The van der Waals surface area contributed by atoms with Gasteiger partial charge in [-0.3, -0.25) is 4.99 Å². The molecule has 8 heteroatoms. The largest absolute Gasteiger partial charge is 0.356 e. The highest BCUT2D eigenvalue weighted by molar-refractivity contribution is 7.89. The lowest BCUT2D eigenvalue weighted by molar-refractivity contribution is 0.191. The first-order chi connectivity index (χ1) is 14.0. The maximum atomic E-state index is 12.2. The number of likely N-dealkylation sites (tertiary alicyclic amines) is 1. The first-order valence-corrected chi connectivity index (χ1v) is 12.2. The standard InChI is InChI=1S/C21H35N5O2S/c1-17-10-14-26(15-11-17)13-3-12-23-21(22-2)24-16-18-4-8-20(9-5-18)29(27,28)25-19-6-7-19/h4-5,8-9,17,19,25H,3,6-7,10-16H2,1-2H3,(H2,22,23,24). The smallest absolute Gasteiger partial charge is 0.240 e. The molecule has 0 aromatic heterocycles. The average Bonchev–Trinajstić information content (AvgIpc) is 3.52. The number of nitrogens with one attached hydrogen (secondary N) is 3. The first kappa shape index (κ1) is 22.1. The third kappa shape index (κ3) is 7.28. The zero-order valence-corrected chi connectivity index (χ0v) is 18.5. The number of rotatable bonds is 9. The molecule has 3 rings (SSSR count). The van der Waals surface area contributed by atoms with E-state index >= 15 is 0 Å². The van der Waals surface area contributed by atoms with Gasteiger partial charge in [-0.15, -0.1) is 0 Å². The zero-order valence-electron chi connectivity index (χ0n) is 17.7. The number of benzene rings is 1. The highest BCUT2D eigenvalue weighted by atomic mass is 32.2. The maximum absolute atomic E-state index is 12.2. The van der Waals surface area contributed by atoms with Crippen molar-refractivity contribution in [1.29, 1.82) is 0 Å². The maximum Gasteiger partial charge on any atom is 0.240 e. The minimum atomic E-state index is -3.39. The summed E-state index contributed by atoms with van der Waals surface area (Å²) in [6.45, 7) is 7.38. The van der Waals surface area contributed by atoms with Crippen LogP contribution in [0.4, 0.5) is 0 Å². The van der Waals surface area contributed by atoms with Gasteiger partial charge in [0, 0.05) is 26.2 Å². The molecule has 2 fully saturated rings. The summed E-state index contributed by atoms with van der Waals surface area (Å²) in [6, 6.07) is 7.14. The van der Waals surface area contributed by atoms with Gasteiger partial charge in [0.15, 0.2) is 5.96 Å². The second kappa shape index (κ2) is 10.4. The van der Waals surface area contributed by atoms with Crippen molar-refractivity contribution in [3.63, 3.8) is 0 Å². The molecule has 1 saturated carbocycles.